The van der Waals surface area contributed by atoms with E-state index >= 15 is 0 Å². The van der Waals surface area contributed by atoms with Crippen molar-refractivity contribution >= 4 is 21.4 Å². The first-order chi connectivity index (χ1) is 6.58. The highest BCUT2D eigenvalue weighted by Crippen LogP contribution is 2.03. The van der Waals surface area contributed by atoms with Gasteiger partial charge in [-0.15, -0.1) is 11.3 Å². The van der Waals surface area contributed by atoms with Crippen LogP contribution < -0.4 is 10.5 Å². The summed E-state index contributed by atoms with van der Waals surface area (Å²) in [5.74, 6) is -0.0229. The van der Waals surface area contributed by atoms with Crippen LogP contribution in [0, 0.1) is 0 Å². The zero-order chi connectivity index (χ0) is 10.4. The van der Waals surface area contributed by atoms with Crippen LogP contribution in [-0.2, 0) is 16.4 Å². The van der Waals surface area contributed by atoms with Gasteiger partial charge in [-0.3, -0.25) is 0 Å². The molecule has 1 heterocycles. The second-order valence-corrected chi connectivity index (χ2v) is 5.51. The number of thiazole rings is 1. The molecule has 0 atom stereocenters. The van der Waals surface area contributed by atoms with Gasteiger partial charge in [0.15, 0.2) is 0 Å². The molecule has 1 aromatic heterocycles. The molecule has 1 rings (SSSR count). The van der Waals surface area contributed by atoms with Crippen molar-refractivity contribution in [2.75, 3.05) is 18.8 Å². The van der Waals surface area contributed by atoms with Crippen LogP contribution in [0.25, 0.3) is 0 Å². The van der Waals surface area contributed by atoms with E-state index in [2.05, 4.69) is 10.3 Å². The van der Waals surface area contributed by atoms with Crippen molar-refractivity contribution in [2.45, 2.75) is 6.42 Å². The summed E-state index contributed by atoms with van der Waals surface area (Å²) in [5, 5.41) is 10.8. The quantitative estimate of drug-likeness (QED) is 0.655. The summed E-state index contributed by atoms with van der Waals surface area (Å²) < 4.78 is 21.1. The summed E-state index contributed by atoms with van der Waals surface area (Å²) in [5.41, 5.74) is 0. The van der Waals surface area contributed by atoms with Crippen molar-refractivity contribution in [2.24, 2.45) is 5.14 Å². The van der Waals surface area contributed by atoms with Gasteiger partial charge in [-0.1, -0.05) is 0 Å². The molecule has 14 heavy (non-hydrogen) atoms. The molecule has 80 valence electrons. The molecule has 0 aliphatic carbocycles. The molecule has 0 amide bonds. The Morgan fingerprint density at radius 2 is 2.29 bits per heavy atom. The van der Waals surface area contributed by atoms with Crippen LogP contribution in [0.1, 0.15) is 5.01 Å². The fraction of sp³-hybridized carbons (Fsp3) is 0.571. The van der Waals surface area contributed by atoms with Crippen molar-refractivity contribution in [3.63, 3.8) is 0 Å². The van der Waals surface area contributed by atoms with Gasteiger partial charge in [0.25, 0.3) is 0 Å². The van der Waals surface area contributed by atoms with E-state index in [9.17, 15) is 8.42 Å². The molecule has 0 saturated carbocycles. The molecular weight excluding hydrogens is 222 g/mol. The van der Waals surface area contributed by atoms with Crippen LogP contribution in [0.4, 0.5) is 0 Å². The average molecular weight is 235 g/mol. The highest BCUT2D eigenvalue weighted by molar-refractivity contribution is 7.89. The standard InChI is InChI=1S/C7H13N3O2S2/c8-14(11,12)6-4-9-2-1-7-10-3-5-13-7/h3,5,9H,1-2,4,6H2,(H2,8,11,12). The van der Waals surface area contributed by atoms with E-state index in [0.717, 1.165) is 18.0 Å². The number of rotatable bonds is 6. The van der Waals surface area contributed by atoms with Crippen molar-refractivity contribution in [3.8, 4) is 0 Å². The lowest BCUT2D eigenvalue weighted by atomic mass is 10.4. The first kappa shape index (κ1) is 11.6. The van der Waals surface area contributed by atoms with Crippen molar-refractivity contribution < 1.29 is 8.42 Å². The Morgan fingerprint density at radius 3 is 2.86 bits per heavy atom. The maximum absolute atomic E-state index is 10.6. The van der Waals surface area contributed by atoms with Crippen molar-refractivity contribution in [1.29, 1.82) is 0 Å². The molecule has 5 nitrogen and oxygen atoms in total. The second-order valence-electron chi connectivity index (χ2n) is 2.79. The molecule has 3 N–H and O–H groups in total. The van der Waals surface area contributed by atoms with E-state index in [1.165, 1.54) is 0 Å². The molecule has 0 bridgehead atoms. The number of primary sulfonamides is 1. The predicted octanol–water partition coefficient (Wildman–Crippen LogP) is -0.436. The summed E-state index contributed by atoms with van der Waals surface area (Å²) in [7, 11) is -3.33. The first-order valence-corrected chi connectivity index (χ1v) is 6.77. The van der Waals surface area contributed by atoms with Gasteiger partial charge >= 0.3 is 0 Å². The zero-order valence-electron chi connectivity index (χ0n) is 7.64. The minimum atomic E-state index is -3.33. The number of aromatic nitrogens is 1. The summed E-state index contributed by atoms with van der Waals surface area (Å²) in [4.78, 5) is 4.10. The van der Waals surface area contributed by atoms with Crippen molar-refractivity contribution in [3.05, 3.63) is 16.6 Å². The molecule has 0 spiro atoms. The Hall–Kier alpha value is -0.500. The Kier molecular flexibility index (Phi) is 4.46. The third-order valence-electron chi connectivity index (χ3n) is 1.56. The molecule has 1 aromatic rings. The Morgan fingerprint density at radius 1 is 1.50 bits per heavy atom. The zero-order valence-corrected chi connectivity index (χ0v) is 9.27. The minimum Gasteiger partial charge on any atom is -0.315 e. The fourth-order valence-corrected chi connectivity index (χ4v) is 1.96. The van der Waals surface area contributed by atoms with Crippen LogP contribution in [-0.4, -0.2) is 32.2 Å². The number of hydrogen-bond donors (Lipinski definition) is 2. The smallest absolute Gasteiger partial charge is 0.210 e. The lowest BCUT2D eigenvalue weighted by Gasteiger charge is -2.01. The van der Waals surface area contributed by atoms with E-state index in [-0.39, 0.29) is 5.75 Å². The van der Waals surface area contributed by atoms with Crippen molar-refractivity contribution in [1.82, 2.24) is 10.3 Å². The van der Waals surface area contributed by atoms with Gasteiger partial charge in [0.05, 0.1) is 10.8 Å². The summed E-state index contributed by atoms with van der Waals surface area (Å²) >= 11 is 1.59. The molecule has 0 aliphatic rings. The van der Waals surface area contributed by atoms with Crippen LogP contribution in [0.3, 0.4) is 0 Å². The molecule has 0 aromatic carbocycles. The van der Waals surface area contributed by atoms with Crippen LogP contribution in [0.15, 0.2) is 11.6 Å². The lowest BCUT2D eigenvalue weighted by molar-refractivity contribution is 0.592. The number of nitrogens with one attached hydrogen (secondary N) is 1. The Labute approximate surface area is 87.4 Å². The second kappa shape index (κ2) is 5.40. The van der Waals surface area contributed by atoms with Gasteiger partial charge < -0.3 is 5.32 Å². The summed E-state index contributed by atoms with van der Waals surface area (Å²) in [6, 6.07) is 0. The van der Waals surface area contributed by atoms with Gasteiger partial charge in [0, 0.05) is 31.1 Å². The maximum atomic E-state index is 10.6. The molecule has 0 fully saturated rings. The van der Waals surface area contributed by atoms with Gasteiger partial charge in [-0.2, -0.15) is 0 Å². The monoisotopic (exact) mass is 235 g/mol. The SMILES string of the molecule is NS(=O)(=O)CCNCCc1nccs1. The minimum absolute atomic E-state index is 0.0229. The van der Waals surface area contributed by atoms with E-state index < -0.39 is 10.0 Å². The predicted molar refractivity (Wildman–Crippen MR) is 56.7 cm³/mol. The van der Waals surface area contributed by atoms with E-state index in [0.29, 0.717) is 6.54 Å². The largest absolute Gasteiger partial charge is 0.315 e. The topological polar surface area (TPSA) is 85.1 Å². The van der Waals surface area contributed by atoms with Gasteiger partial charge in [-0.25, -0.2) is 18.5 Å². The lowest BCUT2D eigenvalue weighted by Crippen LogP contribution is -2.28. The number of hydrogen-bond acceptors (Lipinski definition) is 5. The van der Waals surface area contributed by atoms with Gasteiger partial charge in [0.2, 0.25) is 10.0 Å². The van der Waals surface area contributed by atoms with E-state index in [1.807, 2.05) is 5.38 Å². The molecule has 0 aliphatic heterocycles. The Balaban J connectivity index is 2.06. The highest BCUT2D eigenvalue weighted by Gasteiger charge is 2.01. The van der Waals surface area contributed by atoms with Crippen LogP contribution in [0.2, 0.25) is 0 Å². The molecule has 0 saturated heterocycles. The van der Waals surface area contributed by atoms with Gasteiger partial charge in [-0.05, 0) is 0 Å². The maximum Gasteiger partial charge on any atom is 0.210 e. The average Bonchev–Trinajstić information content (AvgIpc) is 2.54. The molecule has 0 unspecified atom stereocenters. The van der Waals surface area contributed by atoms with Crippen LogP contribution >= 0.6 is 11.3 Å². The van der Waals surface area contributed by atoms with E-state index in [4.69, 9.17) is 5.14 Å². The number of nitrogens with two attached hydrogens (primary N) is 1. The number of sulfonamides is 1. The summed E-state index contributed by atoms with van der Waals surface area (Å²) in [6.45, 7) is 1.12. The highest BCUT2D eigenvalue weighted by atomic mass is 32.2. The Bertz CT molecular complexity index is 347. The molecule has 0 radical (unpaired) electrons. The first-order valence-electron chi connectivity index (χ1n) is 4.17. The van der Waals surface area contributed by atoms with Gasteiger partial charge in [0.1, 0.15) is 0 Å². The summed E-state index contributed by atoms with van der Waals surface area (Å²) in [6.07, 6.45) is 2.58. The van der Waals surface area contributed by atoms with Crippen LogP contribution in [0.5, 0.6) is 0 Å². The molecule has 7 heteroatoms. The number of nitrogens with zero attached hydrogens (tertiary/aromatic N) is 1. The third kappa shape index (κ3) is 5.28. The molecular formula is C7H13N3O2S2. The normalized spacial score (nSPS) is 11.8. The third-order valence-corrected chi connectivity index (χ3v) is 3.18. The fourth-order valence-electron chi connectivity index (χ4n) is 0.911. The van der Waals surface area contributed by atoms with E-state index in [1.54, 1.807) is 17.5 Å².